The molecule has 0 radical (unpaired) electrons. The number of hydrogen-bond acceptors (Lipinski definition) is 5. The van der Waals surface area contributed by atoms with Crippen molar-refractivity contribution in [3.8, 4) is 17.6 Å². The third-order valence-electron chi connectivity index (χ3n) is 4.72. The van der Waals surface area contributed by atoms with Gasteiger partial charge in [0, 0.05) is 6.20 Å². The first kappa shape index (κ1) is 26.0. The van der Waals surface area contributed by atoms with Crippen LogP contribution >= 0.6 is 0 Å². The van der Waals surface area contributed by atoms with E-state index in [1.807, 2.05) is 39.8 Å². The van der Waals surface area contributed by atoms with Crippen molar-refractivity contribution in [1.29, 1.82) is 0 Å². The van der Waals surface area contributed by atoms with Gasteiger partial charge in [0.15, 0.2) is 19.8 Å². The smallest absolute Gasteiger partial charge is 0.408 e. The van der Waals surface area contributed by atoms with Crippen molar-refractivity contribution in [3.05, 3.63) is 24.0 Å². The number of amides is 1. The molecular weight excluding hydrogens is 396 g/mol. The molecule has 1 aromatic rings. The first-order chi connectivity index (χ1) is 13.6. The molecule has 0 fully saturated rings. The van der Waals surface area contributed by atoms with E-state index in [0.717, 1.165) is 0 Å². The molecule has 0 saturated carbocycles. The average molecular weight is 435 g/mol. The first-order valence-corrected chi connectivity index (χ1v) is 13.3. The van der Waals surface area contributed by atoms with Crippen LogP contribution in [0.4, 0.5) is 4.79 Å². The molecule has 1 amide bonds. The summed E-state index contributed by atoms with van der Waals surface area (Å²) < 4.78 is 17.5. The summed E-state index contributed by atoms with van der Waals surface area (Å²) in [7, 11) is -1.84. The maximum absolute atomic E-state index is 11.9. The van der Waals surface area contributed by atoms with Crippen LogP contribution in [0.25, 0.3) is 0 Å². The Morgan fingerprint density at radius 3 is 2.40 bits per heavy atom. The molecule has 0 saturated heterocycles. The number of nitrogens with one attached hydrogen (secondary N) is 1. The standard InChI is InChI=1S/C23H38N2O4Si/c1-17(25-21(26)29-22(3,4)5)13-14-19-20(12-11-15-24-19)28-18(2)16-27-30(9,10)23(6,7)8/h11-12,15,17-18H,16H2,1-10H3,(H,25,26)/t17-,18+/m0/s1. The summed E-state index contributed by atoms with van der Waals surface area (Å²) in [4.78, 5) is 16.2. The lowest BCUT2D eigenvalue weighted by Gasteiger charge is -2.36. The van der Waals surface area contributed by atoms with Gasteiger partial charge in [-0.15, -0.1) is 0 Å². The minimum absolute atomic E-state index is 0.138. The van der Waals surface area contributed by atoms with E-state index in [0.29, 0.717) is 18.1 Å². The molecule has 1 rings (SSSR count). The highest BCUT2D eigenvalue weighted by molar-refractivity contribution is 6.74. The number of alkyl carbamates (subject to hydrolysis) is 1. The fraction of sp³-hybridized carbons (Fsp3) is 0.652. The van der Waals surface area contributed by atoms with Gasteiger partial charge < -0.3 is 19.2 Å². The van der Waals surface area contributed by atoms with Crippen LogP contribution in [0.3, 0.4) is 0 Å². The number of aromatic nitrogens is 1. The molecule has 1 N–H and O–H groups in total. The zero-order valence-electron chi connectivity index (χ0n) is 20.2. The second kappa shape index (κ2) is 10.3. The van der Waals surface area contributed by atoms with E-state index in [1.165, 1.54) is 0 Å². The van der Waals surface area contributed by atoms with Gasteiger partial charge in [-0.1, -0.05) is 26.7 Å². The van der Waals surface area contributed by atoms with Crippen molar-refractivity contribution < 1.29 is 18.7 Å². The molecule has 0 aliphatic heterocycles. The van der Waals surface area contributed by atoms with Crippen LogP contribution in [0.5, 0.6) is 5.75 Å². The minimum Gasteiger partial charge on any atom is -0.485 e. The summed E-state index contributed by atoms with van der Waals surface area (Å²) in [6.07, 6.45) is 1.03. The van der Waals surface area contributed by atoms with E-state index in [2.05, 4.69) is 56.0 Å². The highest BCUT2D eigenvalue weighted by Gasteiger charge is 2.37. The number of carbonyl (C=O) groups excluding carboxylic acids is 1. The third kappa shape index (κ3) is 9.18. The molecule has 30 heavy (non-hydrogen) atoms. The van der Waals surface area contributed by atoms with Gasteiger partial charge in [0.05, 0.1) is 12.6 Å². The zero-order chi connectivity index (χ0) is 23.2. The van der Waals surface area contributed by atoms with Gasteiger partial charge in [-0.2, -0.15) is 0 Å². The topological polar surface area (TPSA) is 69.7 Å². The van der Waals surface area contributed by atoms with E-state index in [9.17, 15) is 4.79 Å². The molecule has 1 aromatic heterocycles. The predicted octanol–water partition coefficient (Wildman–Crippen LogP) is 5.14. The van der Waals surface area contributed by atoms with Crippen molar-refractivity contribution in [2.45, 2.75) is 91.3 Å². The third-order valence-corrected chi connectivity index (χ3v) is 9.22. The van der Waals surface area contributed by atoms with Gasteiger partial charge in [-0.3, -0.25) is 0 Å². The van der Waals surface area contributed by atoms with Gasteiger partial charge in [0.2, 0.25) is 0 Å². The summed E-state index contributed by atoms with van der Waals surface area (Å²) in [6, 6.07) is 3.25. The van der Waals surface area contributed by atoms with Gasteiger partial charge in [0.25, 0.3) is 0 Å². The van der Waals surface area contributed by atoms with E-state index in [-0.39, 0.29) is 11.1 Å². The van der Waals surface area contributed by atoms with Crippen LogP contribution in [0, 0.1) is 11.8 Å². The van der Waals surface area contributed by atoms with Crippen molar-refractivity contribution in [2.24, 2.45) is 0 Å². The Balaban J connectivity index is 2.75. The van der Waals surface area contributed by atoms with Crippen LogP contribution in [-0.2, 0) is 9.16 Å². The number of pyridine rings is 1. The molecule has 0 spiro atoms. The van der Waals surface area contributed by atoms with Crippen LogP contribution in [0.1, 0.15) is 61.1 Å². The minimum atomic E-state index is -1.84. The molecule has 0 aliphatic rings. The number of ether oxygens (including phenoxy) is 2. The lowest BCUT2D eigenvalue weighted by atomic mass is 10.2. The molecule has 7 heteroatoms. The molecular formula is C23H38N2O4Si. The first-order valence-electron chi connectivity index (χ1n) is 10.4. The van der Waals surface area contributed by atoms with E-state index in [1.54, 1.807) is 13.1 Å². The predicted molar refractivity (Wildman–Crippen MR) is 123 cm³/mol. The van der Waals surface area contributed by atoms with Crippen molar-refractivity contribution in [2.75, 3.05) is 6.61 Å². The second-order valence-electron chi connectivity index (χ2n) is 9.99. The van der Waals surface area contributed by atoms with Gasteiger partial charge >= 0.3 is 6.09 Å². The molecule has 2 atom stereocenters. The lowest BCUT2D eigenvalue weighted by molar-refractivity contribution is 0.0519. The molecule has 1 heterocycles. The number of hydrogen-bond donors (Lipinski definition) is 1. The van der Waals surface area contributed by atoms with Crippen molar-refractivity contribution in [3.63, 3.8) is 0 Å². The summed E-state index contributed by atoms with van der Waals surface area (Å²) in [6.45, 7) is 20.8. The summed E-state index contributed by atoms with van der Waals surface area (Å²) in [5.41, 5.74) is -0.0310. The highest BCUT2D eigenvalue weighted by atomic mass is 28.4. The van der Waals surface area contributed by atoms with Gasteiger partial charge in [0.1, 0.15) is 11.7 Å². The Bertz CT molecular complexity index is 770. The Morgan fingerprint density at radius 1 is 1.20 bits per heavy atom. The van der Waals surface area contributed by atoms with Crippen LogP contribution in [0.15, 0.2) is 18.3 Å². The monoisotopic (exact) mass is 434 g/mol. The van der Waals surface area contributed by atoms with E-state index >= 15 is 0 Å². The molecule has 168 valence electrons. The van der Waals surface area contributed by atoms with Gasteiger partial charge in [-0.05, 0) is 70.8 Å². The largest absolute Gasteiger partial charge is 0.485 e. The summed E-state index contributed by atoms with van der Waals surface area (Å²) in [5.74, 6) is 6.57. The van der Waals surface area contributed by atoms with Crippen LogP contribution in [-0.4, -0.2) is 43.7 Å². The maximum Gasteiger partial charge on any atom is 0.408 e. The average Bonchev–Trinajstić information content (AvgIpc) is 2.56. The Morgan fingerprint density at radius 2 is 1.83 bits per heavy atom. The van der Waals surface area contributed by atoms with E-state index in [4.69, 9.17) is 13.9 Å². The van der Waals surface area contributed by atoms with Crippen LogP contribution < -0.4 is 10.1 Å². The summed E-state index contributed by atoms with van der Waals surface area (Å²) in [5, 5.41) is 2.85. The Hall–Kier alpha value is -2.04. The molecule has 0 aliphatic carbocycles. The SMILES string of the molecule is C[C@H](CO[Si](C)(C)C(C)(C)C)Oc1cccnc1C#C[C@H](C)NC(=O)OC(C)(C)C. The molecule has 6 nitrogen and oxygen atoms in total. The van der Waals surface area contributed by atoms with Gasteiger partial charge in [-0.25, -0.2) is 9.78 Å². The van der Waals surface area contributed by atoms with Crippen molar-refractivity contribution in [1.82, 2.24) is 10.3 Å². The van der Waals surface area contributed by atoms with Crippen molar-refractivity contribution >= 4 is 14.4 Å². The Kier molecular flexibility index (Phi) is 8.94. The molecule has 0 bridgehead atoms. The number of rotatable bonds is 6. The number of carbonyl (C=O) groups is 1. The highest BCUT2D eigenvalue weighted by Crippen LogP contribution is 2.36. The lowest BCUT2D eigenvalue weighted by Crippen LogP contribution is -2.43. The number of nitrogens with zero attached hydrogens (tertiary/aromatic N) is 1. The maximum atomic E-state index is 11.9. The molecule has 0 aromatic carbocycles. The fourth-order valence-electron chi connectivity index (χ4n) is 2.07. The normalized spacial score (nSPS) is 14.2. The van der Waals surface area contributed by atoms with Crippen LogP contribution in [0.2, 0.25) is 18.1 Å². The summed E-state index contributed by atoms with van der Waals surface area (Å²) >= 11 is 0. The quantitative estimate of drug-likeness (QED) is 0.496. The fourth-order valence-corrected chi connectivity index (χ4v) is 3.15. The zero-order valence-corrected chi connectivity index (χ0v) is 21.2. The second-order valence-corrected chi connectivity index (χ2v) is 14.8. The van der Waals surface area contributed by atoms with E-state index < -0.39 is 26.1 Å². The Labute approximate surface area is 183 Å². The molecule has 0 unspecified atom stereocenters.